The number of nitrogens with one attached hydrogen (secondary N) is 2. The van der Waals surface area contributed by atoms with Crippen molar-refractivity contribution < 1.29 is 9.53 Å². The molecule has 0 aliphatic heterocycles. The first-order valence-electron chi connectivity index (χ1n) is 6.99. The summed E-state index contributed by atoms with van der Waals surface area (Å²) >= 11 is 0. The summed E-state index contributed by atoms with van der Waals surface area (Å²) in [7, 11) is 0. The van der Waals surface area contributed by atoms with Crippen molar-refractivity contribution in [3.63, 3.8) is 0 Å². The second kappa shape index (κ2) is 7.65. The zero-order chi connectivity index (χ0) is 15.9. The summed E-state index contributed by atoms with van der Waals surface area (Å²) in [5.74, 6) is 0. The van der Waals surface area contributed by atoms with Crippen molar-refractivity contribution in [2.75, 3.05) is 6.54 Å². The first kappa shape index (κ1) is 17.0. The van der Waals surface area contributed by atoms with Crippen molar-refractivity contribution >= 4 is 6.09 Å². The van der Waals surface area contributed by atoms with E-state index in [9.17, 15) is 4.79 Å². The van der Waals surface area contributed by atoms with E-state index >= 15 is 0 Å². The molecule has 0 aromatic heterocycles. The van der Waals surface area contributed by atoms with E-state index in [0.717, 1.165) is 5.56 Å². The van der Waals surface area contributed by atoms with Crippen LogP contribution in [0.5, 0.6) is 0 Å². The topological polar surface area (TPSA) is 74.2 Å². The molecule has 0 bridgehead atoms. The van der Waals surface area contributed by atoms with Gasteiger partial charge >= 0.3 is 6.09 Å². The number of rotatable bonds is 5. The molecule has 0 radical (unpaired) electrons. The van der Waals surface area contributed by atoms with Gasteiger partial charge in [-0.25, -0.2) is 4.79 Å². The smallest absolute Gasteiger partial charge is 0.407 e. The fourth-order valence-corrected chi connectivity index (χ4v) is 1.67. The predicted molar refractivity (Wildman–Crippen MR) is 81.7 cm³/mol. The highest BCUT2D eigenvalue weighted by Gasteiger charge is 2.16. The van der Waals surface area contributed by atoms with Crippen LogP contribution in [0.25, 0.3) is 0 Å². The Morgan fingerprint density at radius 3 is 2.76 bits per heavy atom. The third kappa shape index (κ3) is 7.33. The number of carbonyl (C=O) groups excluding carboxylic acids is 1. The van der Waals surface area contributed by atoms with Gasteiger partial charge in [-0.2, -0.15) is 5.26 Å². The summed E-state index contributed by atoms with van der Waals surface area (Å²) in [6, 6.07) is 9.66. The van der Waals surface area contributed by atoms with Gasteiger partial charge in [-0.15, -0.1) is 0 Å². The van der Waals surface area contributed by atoms with Crippen LogP contribution in [0, 0.1) is 11.3 Å². The van der Waals surface area contributed by atoms with E-state index in [0.29, 0.717) is 18.7 Å². The zero-order valence-electron chi connectivity index (χ0n) is 13.1. The fourth-order valence-electron chi connectivity index (χ4n) is 1.67. The van der Waals surface area contributed by atoms with Crippen LogP contribution in [0.4, 0.5) is 4.79 Å². The molecule has 1 unspecified atom stereocenters. The molecule has 114 valence electrons. The van der Waals surface area contributed by atoms with Crippen molar-refractivity contribution in [2.24, 2.45) is 0 Å². The molecule has 0 saturated carbocycles. The van der Waals surface area contributed by atoms with Crippen LogP contribution in [0.1, 0.15) is 38.8 Å². The quantitative estimate of drug-likeness (QED) is 0.873. The van der Waals surface area contributed by atoms with Crippen LogP contribution in [0.15, 0.2) is 24.3 Å². The molecule has 1 atom stereocenters. The summed E-state index contributed by atoms with van der Waals surface area (Å²) < 4.78 is 5.17. The average Bonchev–Trinajstić information content (AvgIpc) is 2.41. The zero-order valence-corrected chi connectivity index (χ0v) is 13.1. The maximum Gasteiger partial charge on any atom is 0.407 e. The van der Waals surface area contributed by atoms with Crippen LogP contribution < -0.4 is 10.6 Å². The van der Waals surface area contributed by atoms with E-state index in [1.165, 1.54) is 0 Å². The highest BCUT2D eigenvalue weighted by Crippen LogP contribution is 2.06. The number of hydrogen-bond acceptors (Lipinski definition) is 4. The lowest BCUT2D eigenvalue weighted by Gasteiger charge is -2.21. The molecule has 1 amide bonds. The van der Waals surface area contributed by atoms with Gasteiger partial charge in [-0.05, 0) is 45.4 Å². The van der Waals surface area contributed by atoms with E-state index in [1.54, 1.807) is 6.07 Å². The number of benzene rings is 1. The number of hydrogen-bond donors (Lipinski definition) is 2. The SMILES string of the molecule is CC(CNC(=O)OC(C)(C)C)NCc1cccc(C#N)c1. The highest BCUT2D eigenvalue weighted by atomic mass is 16.6. The second-order valence-electron chi connectivity index (χ2n) is 5.98. The second-order valence-corrected chi connectivity index (χ2v) is 5.98. The molecule has 0 heterocycles. The summed E-state index contributed by atoms with van der Waals surface area (Å²) in [4.78, 5) is 11.5. The Morgan fingerprint density at radius 2 is 2.14 bits per heavy atom. The van der Waals surface area contributed by atoms with Crippen LogP contribution in [-0.4, -0.2) is 24.3 Å². The third-order valence-corrected chi connectivity index (χ3v) is 2.66. The molecule has 1 aromatic carbocycles. The molecule has 0 saturated heterocycles. The molecular weight excluding hydrogens is 266 g/mol. The maximum absolute atomic E-state index is 11.5. The van der Waals surface area contributed by atoms with Crippen molar-refractivity contribution in [3.8, 4) is 6.07 Å². The van der Waals surface area contributed by atoms with Gasteiger partial charge in [0.05, 0.1) is 11.6 Å². The summed E-state index contributed by atoms with van der Waals surface area (Å²) in [6.07, 6.45) is -0.414. The van der Waals surface area contributed by atoms with Gasteiger partial charge in [0.15, 0.2) is 0 Å². The summed E-state index contributed by atoms with van der Waals surface area (Å²) in [5.41, 5.74) is 1.20. The molecule has 0 fully saturated rings. The Labute approximate surface area is 126 Å². The van der Waals surface area contributed by atoms with Crippen molar-refractivity contribution in [1.29, 1.82) is 5.26 Å². The molecular formula is C16H23N3O2. The molecule has 5 heteroatoms. The largest absolute Gasteiger partial charge is 0.444 e. The van der Waals surface area contributed by atoms with Gasteiger partial charge in [-0.1, -0.05) is 12.1 Å². The van der Waals surface area contributed by atoms with E-state index in [2.05, 4.69) is 16.7 Å². The van der Waals surface area contributed by atoms with Gasteiger partial charge in [0.1, 0.15) is 5.60 Å². The minimum Gasteiger partial charge on any atom is -0.444 e. The van der Waals surface area contributed by atoms with E-state index in [1.807, 2.05) is 45.9 Å². The molecule has 21 heavy (non-hydrogen) atoms. The number of amides is 1. The van der Waals surface area contributed by atoms with Crippen LogP contribution >= 0.6 is 0 Å². The van der Waals surface area contributed by atoms with Gasteiger partial charge in [0.25, 0.3) is 0 Å². The molecule has 0 aliphatic carbocycles. The van der Waals surface area contributed by atoms with Crippen LogP contribution in [0.3, 0.4) is 0 Å². The van der Waals surface area contributed by atoms with Gasteiger partial charge < -0.3 is 15.4 Å². The van der Waals surface area contributed by atoms with Crippen molar-refractivity contribution in [1.82, 2.24) is 10.6 Å². The lowest BCUT2D eigenvalue weighted by atomic mass is 10.1. The Morgan fingerprint density at radius 1 is 1.43 bits per heavy atom. The normalized spacial score (nSPS) is 12.3. The number of ether oxygens (including phenoxy) is 1. The van der Waals surface area contributed by atoms with Crippen LogP contribution in [-0.2, 0) is 11.3 Å². The minimum absolute atomic E-state index is 0.100. The summed E-state index contributed by atoms with van der Waals surface area (Å²) in [5, 5.41) is 14.9. The standard InChI is InChI=1S/C16H23N3O2/c1-12(10-19-15(20)21-16(2,3)4)18-11-14-7-5-6-13(8-14)9-17/h5-8,12,18H,10-11H2,1-4H3,(H,19,20). The average molecular weight is 289 g/mol. The molecule has 2 N–H and O–H groups in total. The van der Waals surface area contributed by atoms with Gasteiger partial charge in [0.2, 0.25) is 0 Å². The van der Waals surface area contributed by atoms with Crippen molar-refractivity contribution in [3.05, 3.63) is 35.4 Å². The van der Waals surface area contributed by atoms with Crippen molar-refractivity contribution in [2.45, 2.75) is 45.9 Å². The Hall–Kier alpha value is -2.06. The molecule has 1 aromatic rings. The first-order valence-corrected chi connectivity index (χ1v) is 6.99. The molecule has 1 rings (SSSR count). The highest BCUT2D eigenvalue weighted by molar-refractivity contribution is 5.67. The van der Waals surface area contributed by atoms with E-state index in [4.69, 9.17) is 10.00 Å². The summed E-state index contributed by atoms with van der Waals surface area (Å²) in [6.45, 7) is 8.59. The minimum atomic E-state index is -0.488. The first-order chi connectivity index (χ1) is 9.80. The number of nitrogens with zero attached hydrogens (tertiary/aromatic N) is 1. The maximum atomic E-state index is 11.5. The predicted octanol–water partition coefficient (Wildman–Crippen LogP) is 2.56. The molecule has 5 nitrogen and oxygen atoms in total. The molecule has 0 spiro atoms. The molecule has 0 aliphatic rings. The van der Waals surface area contributed by atoms with Gasteiger partial charge in [0, 0.05) is 19.1 Å². The Kier molecular flexibility index (Phi) is 6.19. The monoisotopic (exact) mass is 289 g/mol. The fraction of sp³-hybridized carbons (Fsp3) is 0.500. The van der Waals surface area contributed by atoms with Gasteiger partial charge in [-0.3, -0.25) is 0 Å². The van der Waals surface area contributed by atoms with E-state index < -0.39 is 11.7 Å². The lowest BCUT2D eigenvalue weighted by molar-refractivity contribution is 0.0523. The Balaban J connectivity index is 2.32. The lowest BCUT2D eigenvalue weighted by Crippen LogP contribution is -2.41. The number of nitriles is 1. The third-order valence-electron chi connectivity index (χ3n) is 2.66. The van der Waals surface area contributed by atoms with Crippen LogP contribution in [0.2, 0.25) is 0 Å². The van der Waals surface area contributed by atoms with E-state index in [-0.39, 0.29) is 6.04 Å². The Bertz CT molecular complexity index is 515. The number of alkyl carbamates (subject to hydrolysis) is 1. The number of carbonyl (C=O) groups is 1.